The van der Waals surface area contributed by atoms with Crippen molar-refractivity contribution < 1.29 is 14.3 Å². The maximum Gasteiger partial charge on any atom is 0.359 e. The van der Waals surface area contributed by atoms with Gasteiger partial charge in [-0.2, -0.15) is 0 Å². The van der Waals surface area contributed by atoms with Gasteiger partial charge in [0.15, 0.2) is 5.69 Å². The Hall–Kier alpha value is -1.78. The van der Waals surface area contributed by atoms with E-state index in [2.05, 4.69) is 4.98 Å². The highest BCUT2D eigenvalue weighted by Gasteiger charge is 2.22. The first-order valence-electron chi connectivity index (χ1n) is 4.87. The van der Waals surface area contributed by atoms with Crippen molar-refractivity contribution in [2.45, 2.75) is 26.4 Å². The molecule has 0 atom stereocenters. The molecule has 1 aromatic rings. The molecule has 0 aliphatic carbocycles. The number of carbonyl (C=O) groups excluding carboxylic acids is 1. The second-order valence-electron chi connectivity index (χ2n) is 4.28. The molecule has 0 saturated carbocycles. The molecular weight excluding hydrogens is 208 g/mol. The van der Waals surface area contributed by atoms with Crippen LogP contribution in [0.15, 0.2) is 12.3 Å². The Bertz CT molecular complexity index is 397. The van der Waals surface area contributed by atoms with E-state index in [9.17, 15) is 4.79 Å². The summed E-state index contributed by atoms with van der Waals surface area (Å²) in [5.74, 6) is -0.139. The van der Waals surface area contributed by atoms with Gasteiger partial charge in [-0.1, -0.05) is 0 Å². The second-order valence-corrected chi connectivity index (χ2v) is 4.28. The number of hydrogen-bond acceptors (Lipinski definition) is 5. The lowest BCUT2D eigenvalue weighted by Crippen LogP contribution is -2.25. The van der Waals surface area contributed by atoms with Crippen molar-refractivity contribution in [1.29, 1.82) is 0 Å². The van der Waals surface area contributed by atoms with E-state index in [0.717, 1.165) is 0 Å². The van der Waals surface area contributed by atoms with Crippen LogP contribution in [-0.2, 0) is 4.74 Å². The van der Waals surface area contributed by atoms with Crippen LogP contribution in [0.2, 0.25) is 0 Å². The van der Waals surface area contributed by atoms with Gasteiger partial charge >= 0.3 is 5.97 Å². The van der Waals surface area contributed by atoms with E-state index in [1.165, 1.54) is 13.3 Å². The number of aromatic nitrogens is 1. The fourth-order valence-electron chi connectivity index (χ4n) is 1.12. The van der Waals surface area contributed by atoms with E-state index in [1.807, 2.05) is 0 Å². The predicted octanol–water partition coefficient (Wildman–Crippen LogP) is 1.63. The number of esters is 1. The lowest BCUT2D eigenvalue weighted by atomic mass is 10.2. The largest absolute Gasteiger partial charge is 0.494 e. The van der Waals surface area contributed by atoms with Gasteiger partial charge in [-0.15, -0.1) is 0 Å². The van der Waals surface area contributed by atoms with E-state index >= 15 is 0 Å². The lowest BCUT2D eigenvalue weighted by Gasteiger charge is -2.19. The summed E-state index contributed by atoms with van der Waals surface area (Å²) in [5.41, 5.74) is 5.42. The fourth-order valence-corrected chi connectivity index (χ4v) is 1.12. The maximum atomic E-state index is 11.7. The standard InChI is InChI=1S/C11H16N2O3/c1-11(2,3)16-10(14)9-8(12)7(15-4)5-6-13-9/h5-6H,12H2,1-4H3. The third-order valence-corrected chi connectivity index (χ3v) is 1.76. The number of methoxy groups -OCH3 is 1. The van der Waals surface area contributed by atoms with Gasteiger partial charge in [0.25, 0.3) is 0 Å². The average molecular weight is 224 g/mol. The number of rotatable bonds is 2. The summed E-state index contributed by atoms with van der Waals surface area (Å²) >= 11 is 0. The highest BCUT2D eigenvalue weighted by Crippen LogP contribution is 2.24. The molecule has 0 amide bonds. The Morgan fingerprint density at radius 1 is 1.44 bits per heavy atom. The molecule has 0 spiro atoms. The van der Waals surface area contributed by atoms with Crippen molar-refractivity contribution in [1.82, 2.24) is 4.98 Å². The zero-order chi connectivity index (χ0) is 12.3. The lowest BCUT2D eigenvalue weighted by molar-refractivity contribution is 0.00639. The predicted molar refractivity (Wildman–Crippen MR) is 60.4 cm³/mol. The van der Waals surface area contributed by atoms with Crippen LogP contribution in [0.4, 0.5) is 5.69 Å². The number of hydrogen-bond donors (Lipinski definition) is 1. The number of ether oxygens (including phenoxy) is 2. The van der Waals surface area contributed by atoms with Crippen LogP contribution in [0.3, 0.4) is 0 Å². The van der Waals surface area contributed by atoms with Crippen molar-refractivity contribution in [3.8, 4) is 5.75 Å². The molecule has 5 nitrogen and oxygen atoms in total. The second kappa shape index (κ2) is 4.38. The van der Waals surface area contributed by atoms with E-state index in [0.29, 0.717) is 5.75 Å². The smallest absolute Gasteiger partial charge is 0.359 e. The molecule has 1 aromatic heterocycles. The molecular formula is C11H16N2O3. The van der Waals surface area contributed by atoms with E-state index in [4.69, 9.17) is 15.2 Å². The van der Waals surface area contributed by atoms with E-state index < -0.39 is 11.6 Å². The number of nitrogen functional groups attached to an aromatic ring is 1. The molecule has 0 aromatic carbocycles. The Labute approximate surface area is 94.6 Å². The van der Waals surface area contributed by atoms with Crippen LogP contribution in [0.5, 0.6) is 5.75 Å². The summed E-state index contributed by atoms with van der Waals surface area (Å²) in [6.45, 7) is 5.34. The molecule has 0 unspecified atom stereocenters. The van der Waals surface area contributed by atoms with Crippen LogP contribution in [0.25, 0.3) is 0 Å². The maximum absolute atomic E-state index is 11.7. The third-order valence-electron chi connectivity index (χ3n) is 1.76. The highest BCUT2D eigenvalue weighted by atomic mass is 16.6. The zero-order valence-corrected chi connectivity index (χ0v) is 9.90. The van der Waals surface area contributed by atoms with Crippen LogP contribution >= 0.6 is 0 Å². The Balaban J connectivity index is 3.01. The molecule has 0 bridgehead atoms. The van der Waals surface area contributed by atoms with Gasteiger partial charge in [0, 0.05) is 12.3 Å². The Morgan fingerprint density at radius 3 is 2.56 bits per heavy atom. The molecule has 0 aliphatic rings. The first kappa shape index (κ1) is 12.3. The number of nitrogens with two attached hydrogens (primary N) is 1. The molecule has 16 heavy (non-hydrogen) atoms. The SMILES string of the molecule is COc1ccnc(C(=O)OC(C)(C)C)c1N. The first-order valence-corrected chi connectivity index (χ1v) is 4.87. The summed E-state index contributed by atoms with van der Waals surface area (Å²) in [6.07, 6.45) is 1.45. The summed E-state index contributed by atoms with van der Waals surface area (Å²) in [6, 6.07) is 1.59. The molecule has 5 heteroatoms. The molecule has 2 N–H and O–H groups in total. The van der Waals surface area contributed by atoms with E-state index in [1.54, 1.807) is 26.8 Å². The number of carbonyl (C=O) groups is 1. The van der Waals surface area contributed by atoms with Gasteiger partial charge in [0.05, 0.1) is 7.11 Å². The molecule has 0 aliphatic heterocycles. The van der Waals surface area contributed by atoms with Crippen molar-refractivity contribution in [3.05, 3.63) is 18.0 Å². The van der Waals surface area contributed by atoms with Crippen LogP contribution in [0.1, 0.15) is 31.3 Å². The van der Waals surface area contributed by atoms with Crippen molar-refractivity contribution in [3.63, 3.8) is 0 Å². The molecule has 1 rings (SSSR count). The molecule has 0 radical (unpaired) electrons. The highest BCUT2D eigenvalue weighted by molar-refractivity contribution is 5.94. The topological polar surface area (TPSA) is 74.4 Å². The monoisotopic (exact) mass is 224 g/mol. The Kier molecular flexibility index (Phi) is 3.37. The van der Waals surface area contributed by atoms with Crippen LogP contribution in [0, 0.1) is 0 Å². The quantitative estimate of drug-likeness (QED) is 0.773. The first-order chi connectivity index (χ1) is 7.35. The Morgan fingerprint density at radius 2 is 2.06 bits per heavy atom. The normalized spacial score (nSPS) is 11.0. The molecule has 88 valence electrons. The van der Waals surface area contributed by atoms with Gasteiger partial charge in [-0.05, 0) is 20.8 Å². The van der Waals surface area contributed by atoms with Crippen molar-refractivity contribution >= 4 is 11.7 Å². The van der Waals surface area contributed by atoms with Crippen molar-refractivity contribution in [2.75, 3.05) is 12.8 Å². The van der Waals surface area contributed by atoms with Crippen LogP contribution < -0.4 is 10.5 Å². The minimum atomic E-state index is -0.575. The molecule has 0 saturated heterocycles. The van der Waals surface area contributed by atoms with Gasteiger partial charge < -0.3 is 15.2 Å². The summed E-state index contributed by atoms with van der Waals surface area (Å²) in [7, 11) is 1.48. The summed E-state index contributed by atoms with van der Waals surface area (Å²) in [4.78, 5) is 15.6. The number of anilines is 1. The average Bonchev–Trinajstić information content (AvgIpc) is 2.15. The minimum absolute atomic E-state index is 0.0780. The van der Waals surface area contributed by atoms with Crippen LogP contribution in [-0.4, -0.2) is 23.7 Å². The molecule has 1 heterocycles. The molecule has 0 fully saturated rings. The van der Waals surface area contributed by atoms with E-state index in [-0.39, 0.29) is 11.4 Å². The van der Waals surface area contributed by atoms with Gasteiger partial charge in [0.2, 0.25) is 0 Å². The summed E-state index contributed by atoms with van der Waals surface area (Å²) < 4.78 is 10.2. The van der Waals surface area contributed by atoms with Gasteiger partial charge in [-0.3, -0.25) is 0 Å². The number of pyridine rings is 1. The third kappa shape index (κ3) is 2.85. The van der Waals surface area contributed by atoms with Gasteiger partial charge in [0.1, 0.15) is 17.0 Å². The number of nitrogens with zero attached hydrogens (tertiary/aromatic N) is 1. The minimum Gasteiger partial charge on any atom is -0.494 e. The zero-order valence-electron chi connectivity index (χ0n) is 9.90. The summed E-state index contributed by atoms with van der Waals surface area (Å²) in [5, 5.41) is 0. The van der Waals surface area contributed by atoms with Crippen molar-refractivity contribution in [2.24, 2.45) is 0 Å². The van der Waals surface area contributed by atoms with Gasteiger partial charge in [-0.25, -0.2) is 9.78 Å². The fraction of sp³-hybridized carbons (Fsp3) is 0.455.